The average Bonchev–Trinajstić information content (AvgIpc) is 1.97. The second-order valence-electron chi connectivity index (χ2n) is 2.62. The molecule has 2 heteroatoms. The van der Waals surface area contributed by atoms with Gasteiger partial charge in [-0.3, -0.25) is 4.79 Å². The van der Waals surface area contributed by atoms with Crippen LogP contribution in [0.3, 0.4) is 0 Å². The number of Topliss-reactive ketones (excluding diaryl/α,β-unsaturated/α-hetero) is 1. The zero-order valence-corrected chi connectivity index (χ0v) is 5.47. The van der Waals surface area contributed by atoms with Crippen molar-refractivity contribution in [2.75, 3.05) is 0 Å². The lowest BCUT2D eigenvalue weighted by molar-refractivity contribution is -0.119. The van der Waals surface area contributed by atoms with Crippen molar-refractivity contribution < 1.29 is 9.90 Å². The lowest BCUT2D eigenvalue weighted by Gasteiger charge is -2.01. The number of aliphatic hydroxyl groups is 1. The number of aliphatic hydroxyl groups excluding tert-OH is 1. The Morgan fingerprint density at radius 3 is 2.89 bits per heavy atom. The van der Waals surface area contributed by atoms with Crippen LogP contribution in [0.4, 0.5) is 0 Å². The second kappa shape index (κ2) is 2.97. The summed E-state index contributed by atoms with van der Waals surface area (Å²) in [4.78, 5) is 10.7. The Balaban J connectivity index is 2.34. The molecule has 9 heavy (non-hydrogen) atoms. The van der Waals surface area contributed by atoms with Gasteiger partial charge >= 0.3 is 0 Å². The first kappa shape index (κ1) is 6.75. The first-order valence-electron chi connectivity index (χ1n) is 3.49. The van der Waals surface area contributed by atoms with E-state index in [2.05, 4.69) is 0 Å². The molecule has 1 aliphatic carbocycles. The van der Waals surface area contributed by atoms with Crippen LogP contribution in [0, 0.1) is 0 Å². The van der Waals surface area contributed by atoms with Gasteiger partial charge in [-0.1, -0.05) is 0 Å². The van der Waals surface area contributed by atoms with Gasteiger partial charge in [-0.05, 0) is 19.3 Å². The van der Waals surface area contributed by atoms with Gasteiger partial charge in [-0.2, -0.15) is 0 Å². The SMILES string of the molecule is O=C1CCCC(O)CC1. The van der Waals surface area contributed by atoms with Gasteiger partial charge in [0.1, 0.15) is 5.78 Å². The molecule has 0 heterocycles. The van der Waals surface area contributed by atoms with Crippen molar-refractivity contribution in [3.05, 3.63) is 0 Å². The van der Waals surface area contributed by atoms with Crippen LogP contribution in [-0.4, -0.2) is 17.0 Å². The highest BCUT2D eigenvalue weighted by Gasteiger charge is 2.12. The lowest BCUT2D eigenvalue weighted by atomic mass is 10.2. The smallest absolute Gasteiger partial charge is 0.133 e. The molecule has 1 rings (SSSR count). The van der Waals surface area contributed by atoms with Crippen LogP contribution in [0.15, 0.2) is 0 Å². The van der Waals surface area contributed by atoms with Crippen LogP contribution >= 0.6 is 0 Å². The molecule has 1 N–H and O–H groups in total. The quantitative estimate of drug-likeness (QED) is 0.492. The van der Waals surface area contributed by atoms with Gasteiger partial charge in [-0.25, -0.2) is 0 Å². The highest BCUT2D eigenvalue weighted by atomic mass is 16.3. The number of hydrogen-bond acceptors (Lipinski definition) is 2. The van der Waals surface area contributed by atoms with Crippen molar-refractivity contribution in [1.82, 2.24) is 0 Å². The maximum absolute atomic E-state index is 10.7. The number of carbonyl (C=O) groups is 1. The minimum atomic E-state index is -0.212. The van der Waals surface area contributed by atoms with Gasteiger partial charge in [0.2, 0.25) is 0 Å². The van der Waals surface area contributed by atoms with Crippen molar-refractivity contribution in [3.63, 3.8) is 0 Å². The zero-order chi connectivity index (χ0) is 6.69. The summed E-state index contributed by atoms with van der Waals surface area (Å²) in [5.41, 5.74) is 0. The van der Waals surface area contributed by atoms with E-state index in [-0.39, 0.29) is 6.10 Å². The predicted octanol–water partition coefficient (Wildman–Crippen LogP) is 0.881. The predicted molar refractivity (Wildman–Crippen MR) is 34.1 cm³/mol. The molecule has 0 spiro atoms. The average molecular weight is 128 g/mol. The normalized spacial score (nSPS) is 29.9. The van der Waals surface area contributed by atoms with E-state index in [1.165, 1.54) is 0 Å². The van der Waals surface area contributed by atoms with E-state index >= 15 is 0 Å². The van der Waals surface area contributed by atoms with Gasteiger partial charge in [0.15, 0.2) is 0 Å². The van der Waals surface area contributed by atoms with E-state index < -0.39 is 0 Å². The second-order valence-corrected chi connectivity index (χ2v) is 2.62. The Kier molecular flexibility index (Phi) is 2.22. The minimum Gasteiger partial charge on any atom is -0.393 e. The Labute approximate surface area is 54.9 Å². The van der Waals surface area contributed by atoms with Crippen LogP contribution in [0.25, 0.3) is 0 Å². The molecule has 0 amide bonds. The van der Waals surface area contributed by atoms with Gasteiger partial charge in [-0.15, -0.1) is 0 Å². The Bertz CT molecular complexity index is 109. The van der Waals surface area contributed by atoms with Crippen molar-refractivity contribution >= 4 is 5.78 Å². The molecular formula is C7H12O2. The zero-order valence-electron chi connectivity index (χ0n) is 5.47. The summed E-state index contributed by atoms with van der Waals surface area (Å²) in [6.45, 7) is 0. The van der Waals surface area contributed by atoms with Crippen LogP contribution < -0.4 is 0 Å². The molecule has 0 radical (unpaired) electrons. The maximum Gasteiger partial charge on any atom is 0.133 e. The third kappa shape index (κ3) is 2.14. The van der Waals surface area contributed by atoms with Crippen molar-refractivity contribution in [2.24, 2.45) is 0 Å². The van der Waals surface area contributed by atoms with Crippen LogP contribution in [0.2, 0.25) is 0 Å². The van der Waals surface area contributed by atoms with Crippen molar-refractivity contribution in [1.29, 1.82) is 0 Å². The number of rotatable bonds is 0. The lowest BCUT2D eigenvalue weighted by Crippen LogP contribution is -2.03. The standard InChI is InChI=1S/C7H12O2/c8-6-2-1-3-7(9)5-4-6/h6,8H,1-5H2. The van der Waals surface area contributed by atoms with Crippen molar-refractivity contribution in [3.8, 4) is 0 Å². The summed E-state index contributed by atoms with van der Waals surface area (Å²) in [5, 5.41) is 9.05. The molecule has 52 valence electrons. The fraction of sp³-hybridized carbons (Fsp3) is 0.857. The molecule has 0 aromatic heterocycles. The monoisotopic (exact) mass is 128 g/mol. The molecular weight excluding hydrogens is 116 g/mol. The molecule has 0 bridgehead atoms. The number of ketones is 1. The molecule has 2 nitrogen and oxygen atoms in total. The highest BCUT2D eigenvalue weighted by Crippen LogP contribution is 2.13. The Morgan fingerprint density at radius 2 is 2.11 bits per heavy atom. The van der Waals surface area contributed by atoms with Gasteiger partial charge < -0.3 is 5.11 Å². The van der Waals surface area contributed by atoms with Crippen LogP contribution in [0.1, 0.15) is 32.1 Å². The van der Waals surface area contributed by atoms with Gasteiger partial charge in [0, 0.05) is 12.8 Å². The number of carbonyl (C=O) groups excluding carboxylic acids is 1. The summed E-state index contributed by atoms with van der Waals surface area (Å²) in [6.07, 6.45) is 3.42. The van der Waals surface area contributed by atoms with Crippen molar-refractivity contribution in [2.45, 2.75) is 38.2 Å². The molecule has 1 unspecified atom stereocenters. The third-order valence-corrected chi connectivity index (χ3v) is 1.75. The first-order chi connectivity index (χ1) is 4.29. The summed E-state index contributed by atoms with van der Waals surface area (Å²) >= 11 is 0. The number of hydrogen-bond donors (Lipinski definition) is 1. The summed E-state index contributed by atoms with van der Waals surface area (Å²) in [5.74, 6) is 0.312. The third-order valence-electron chi connectivity index (χ3n) is 1.75. The minimum absolute atomic E-state index is 0.212. The van der Waals surface area contributed by atoms with Crippen LogP contribution in [0.5, 0.6) is 0 Å². The molecule has 1 aliphatic rings. The molecule has 1 atom stereocenters. The van der Waals surface area contributed by atoms with Crippen LogP contribution in [-0.2, 0) is 4.79 Å². The topological polar surface area (TPSA) is 37.3 Å². The Hall–Kier alpha value is -0.370. The fourth-order valence-corrected chi connectivity index (χ4v) is 1.13. The highest BCUT2D eigenvalue weighted by molar-refractivity contribution is 5.78. The summed E-state index contributed by atoms with van der Waals surface area (Å²) < 4.78 is 0. The molecule has 0 aliphatic heterocycles. The van der Waals surface area contributed by atoms with Gasteiger partial charge in [0.25, 0.3) is 0 Å². The molecule has 0 saturated heterocycles. The molecule has 1 saturated carbocycles. The Morgan fingerprint density at radius 1 is 1.33 bits per heavy atom. The van der Waals surface area contributed by atoms with E-state index in [0.29, 0.717) is 25.0 Å². The molecule has 0 aromatic rings. The largest absolute Gasteiger partial charge is 0.393 e. The maximum atomic E-state index is 10.7. The summed E-state index contributed by atoms with van der Waals surface area (Å²) in [6, 6.07) is 0. The van der Waals surface area contributed by atoms with E-state index in [9.17, 15) is 4.79 Å². The molecule has 1 fully saturated rings. The first-order valence-corrected chi connectivity index (χ1v) is 3.49. The van der Waals surface area contributed by atoms with E-state index in [1.54, 1.807) is 0 Å². The summed E-state index contributed by atoms with van der Waals surface area (Å²) in [7, 11) is 0. The van der Waals surface area contributed by atoms with E-state index in [0.717, 1.165) is 12.8 Å². The van der Waals surface area contributed by atoms with Gasteiger partial charge in [0.05, 0.1) is 6.10 Å². The fourth-order valence-electron chi connectivity index (χ4n) is 1.13. The van der Waals surface area contributed by atoms with E-state index in [1.807, 2.05) is 0 Å². The van der Waals surface area contributed by atoms with E-state index in [4.69, 9.17) is 5.11 Å². The molecule has 0 aromatic carbocycles.